The minimum Gasteiger partial charge on any atom is -0.378 e. The zero-order valence-electron chi connectivity index (χ0n) is 8.44. The van der Waals surface area contributed by atoms with E-state index < -0.39 is 0 Å². The van der Waals surface area contributed by atoms with Crippen molar-refractivity contribution in [1.29, 1.82) is 0 Å². The average molecular weight is 193 g/mol. The van der Waals surface area contributed by atoms with Gasteiger partial charge in [0.2, 0.25) is 5.95 Å². The van der Waals surface area contributed by atoms with Crippen LogP contribution < -0.4 is 4.90 Å². The van der Waals surface area contributed by atoms with Gasteiger partial charge in [-0.2, -0.15) is 0 Å². The molecule has 1 aliphatic heterocycles. The van der Waals surface area contributed by atoms with Crippen molar-refractivity contribution in [1.82, 2.24) is 9.97 Å². The number of aromatic nitrogens is 2. The van der Waals surface area contributed by atoms with Gasteiger partial charge in [-0.25, -0.2) is 9.97 Å². The van der Waals surface area contributed by atoms with Gasteiger partial charge in [0.1, 0.15) is 0 Å². The van der Waals surface area contributed by atoms with Crippen molar-refractivity contribution in [2.24, 2.45) is 0 Å². The summed E-state index contributed by atoms with van der Waals surface area (Å²) in [5, 5.41) is 0. The predicted molar refractivity (Wildman–Crippen MR) is 54.4 cm³/mol. The van der Waals surface area contributed by atoms with Crippen LogP contribution in [-0.4, -0.2) is 36.3 Å². The number of aryl methyl sites for hydroxylation is 1. The number of morpholine rings is 1. The summed E-state index contributed by atoms with van der Waals surface area (Å²) in [5.74, 6) is 0.840. The fraction of sp³-hybridized carbons (Fsp3) is 0.600. The Morgan fingerprint density at radius 3 is 2.93 bits per heavy atom. The molecule has 0 spiro atoms. The molecule has 2 heterocycles. The van der Waals surface area contributed by atoms with Gasteiger partial charge in [0.25, 0.3) is 0 Å². The van der Waals surface area contributed by atoms with E-state index in [9.17, 15) is 0 Å². The minimum absolute atomic E-state index is 0.777. The first-order valence-corrected chi connectivity index (χ1v) is 5.05. The van der Waals surface area contributed by atoms with Crippen molar-refractivity contribution in [2.45, 2.75) is 13.3 Å². The highest BCUT2D eigenvalue weighted by Crippen LogP contribution is 2.09. The molecule has 1 saturated heterocycles. The SMILES string of the molecule is CCc1ccnc(N2CCOCC2)n1. The number of ether oxygens (including phenoxy) is 1. The first-order valence-electron chi connectivity index (χ1n) is 5.05. The summed E-state index contributed by atoms with van der Waals surface area (Å²) >= 11 is 0. The second-order valence-corrected chi connectivity index (χ2v) is 3.30. The fourth-order valence-corrected chi connectivity index (χ4v) is 1.50. The van der Waals surface area contributed by atoms with Crippen molar-refractivity contribution in [3.05, 3.63) is 18.0 Å². The molecule has 1 aliphatic rings. The third-order valence-electron chi connectivity index (χ3n) is 2.36. The maximum atomic E-state index is 5.28. The number of anilines is 1. The van der Waals surface area contributed by atoms with E-state index in [2.05, 4.69) is 21.8 Å². The molecule has 0 unspecified atom stereocenters. The number of hydrogen-bond acceptors (Lipinski definition) is 4. The molecule has 0 bridgehead atoms. The molecular formula is C10H15N3O. The molecule has 0 aliphatic carbocycles. The van der Waals surface area contributed by atoms with Crippen molar-refractivity contribution in [3.8, 4) is 0 Å². The number of rotatable bonds is 2. The molecule has 4 heteroatoms. The van der Waals surface area contributed by atoms with E-state index in [1.165, 1.54) is 0 Å². The summed E-state index contributed by atoms with van der Waals surface area (Å²) in [4.78, 5) is 10.9. The quantitative estimate of drug-likeness (QED) is 0.698. The summed E-state index contributed by atoms with van der Waals surface area (Å²) < 4.78 is 5.28. The topological polar surface area (TPSA) is 38.2 Å². The first-order chi connectivity index (χ1) is 6.90. The van der Waals surface area contributed by atoms with Crippen LogP contribution in [-0.2, 0) is 11.2 Å². The van der Waals surface area contributed by atoms with Crippen molar-refractivity contribution >= 4 is 5.95 Å². The van der Waals surface area contributed by atoms with E-state index in [-0.39, 0.29) is 0 Å². The summed E-state index contributed by atoms with van der Waals surface area (Å²) in [6, 6.07) is 1.96. The summed E-state index contributed by atoms with van der Waals surface area (Å²) in [6.07, 6.45) is 2.79. The third kappa shape index (κ3) is 2.01. The van der Waals surface area contributed by atoms with Crippen LogP contribution in [0.3, 0.4) is 0 Å². The molecule has 0 aromatic carbocycles. The number of nitrogens with zero attached hydrogens (tertiary/aromatic N) is 3. The van der Waals surface area contributed by atoms with Crippen LogP contribution >= 0.6 is 0 Å². The Balaban J connectivity index is 2.13. The Labute approximate surface area is 83.9 Å². The Hall–Kier alpha value is -1.16. The van der Waals surface area contributed by atoms with Gasteiger partial charge in [-0.05, 0) is 12.5 Å². The van der Waals surface area contributed by atoms with Crippen LogP contribution in [0.4, 0.5) is 5.95 Å². The smallest absolute Gasteiger partial charge is 0.225 e. The second-order valence-electron chi connectivity index (χ2n) is 3.30. The van der Waals surface area contributed by atoms with E-state index in [0.29, 0.717) is 0 Å². The van der Waals surface area contributed by atoms with E-state index >= 15 is 0 Å². The Bertz CT molecular complexity index is 297. The van der Waals surface area contributed by atoms with Crippen LogP contribution in [0.15, 0.2) is 12.3 Å². The highest BCUT2D eigenvalue weighted by molar-refractivity contribution is 5.30. The molecular weight excluding hydrogens is 178 g/mol. The standard InChI is InChI=1S/C10H15N3O/c1-2-9-3-4-11-10(12-9)13-5-7-14-8-6-13/h3-4H,2,5-8H2,1H3. The predicted octanol–water partition coefficient (Wildman–Crippen LogP) is 0.876. The molecule has 2 rings (SSSR count). The molecule has 0 saturated carbocycles. The first kappa shape index (κ1) is 9.40. The normalized spacial score (nSPS) is 17.1. The van der Waals surface area contributed by atoms with Gasteiger partial charge >= 0.3 is 0 Å². The molecule has 0 N–H and O–H groups in total. The molecule has 0 amide bonds. The molecule has 4 nitrogen and oxygen atoms in total. The molecule has 0 atom stereocenters. The third-order valence-corrected chi connectivity index (χ3v) is 2.36. The zero-order valence-corrected chi connectivity index (χ0v) is 8.44. The Morgan fingerprint density at radius 2 is 2.21 bits per heavy atom. The zero-order chi connectivity index (χ0) is 9.80. The lowest BCUT2D eigenvalue weighted by molar-refractivity contribution is 0.122. The highest BCUT2D eigenvalue weighted by atomic mass is 16.5. The van der Waals surface area contributed by atoms with Crippen LogP contribution in [0.5, 0.6) is 0 Å². The average Bonchev–Trinajstić information content (AvgIpc) is 2.30. The van der Waals surface area contributed by atoms with Gasteiger partial charge in [-0.1, -0.05) is 6.92 Å². The Morgan fingerprint density at radius 1 is 1.43 bits per heavy atom. The van der Waals surface area contributed by atoms with E-state index in [4.69, 9.17) is 4.74 Å². The second kappa shape index (κ2) is 4.37. The van der Waals surface area contributed by atoms with Crippen LogP contribution in [0.25, 0.3) is 0 Å². The molecule has 1 fully saturated rings. The van der Waals surface area contributed by atoms with Crippen molar-refractivity contribution in [3.63, 3.8) is 0 Å². The van der Waals surface area contributed by atoms with Gasteiger partial charge in [0.15, 0.2) is 0 Å². The van der Waals surface area contributed by atoms with Crippen molar-refractivity contribution < 1.29 is 4.74 Å². The lowest BCUT2D eigenvalue weighted by atomic mass is 10.3. The molecule has 0 radical (unpaired) electrons. The molecule has 1 aromatic rings. The highest BCUT2D eigenvalue weighted by Gasteiger charge is 2.13. The van der Waals surface area contributed by atoms with Gasteiger partial charge in [-0.15, -0.1) is 0 Å². The van der Waals surface area contributed by atoms with Gasteiger partial charge < -0.3 is 9.64 Å². The van der Waals surface area contributed by atoms with E-state index in [1.807, 2.05) is 12.3 Å². The summed E-state index contributed by atoms with van der Waals surface area (Å²) in [6.45, 7) is 5.45. The maximum absolute atomic E-state index is 5.28. The van der Waals surface area contributed by atoms with Crippen LogP contribution in [0.2, 0.25) is 0 Å². The number of hydrogen-bond donors (Lipinski definition) is 0. The van der Waals surface area contributed by atoms with E-state index in [0.717, 1.165) is 44.4 Å². The van der Waals surface area contributed by atoms with Crippen LogP contribution in [0, 0.1) is 0 Å². The van der Waals surface area contributed by atoms with Crippen molar-refractivity contribution in [2.75, 3.05) is 31.2 Å². The lowest BCUT2D eigenvalue weighted by Crippen LogP contribution is -2.37. The lowest BCUT2D eigenvalue weighted by Gasteiger charge is -2.26. The minimum atomic E-state index is 0.777. The van der Waals surface area contributed by atoms with E-state index in [1.54, 1.807) is 0 Å². The van der Waals surface area contributed by atoms with Crippen LogP contribution in [0.1, 0.15) is 12.6 Å². The molecule has 14 heavy (non-hydrogen) atoms. The largest absolute Gasteiger partial charge is 0.378 e. The fourth-order valence-electron chi connectivity index (χ4n) is 1.50. The molecule has 76 valence electrons. The van der Waals surface area contributed by atoms with Gasteiger partial charge in [0, 0.05) is 25.0 Å². The Kier molecular flexibility index (Phi) is 2.93. The van der Waals surface area contributed by atoms with Gasteiger partial charge in [0.05, 0.1) is 13.2 Å². The molecule has 1 aromatic heterocycles. The summed E-state index contributed by atoms with van der Waals surface area (Å²) in [7, 11) is 0. The monoisotopic (exact) mass is 193 g/mol. The maximum Gasteiger partial charge on any atom is 0.225 e. The van der Waals surface area contributed by atoms with Gasteiger partial charge in [-0.3, -0.25) is 0 Å². The summed E-state index contributed by atoms with van der Waals surface area (Å²) in [5.41, 5.74) is 1.10.